The molecule has 5 rings (SSSR count). The molecule has 4 aromatic heterocycles. The maximum Gasteiger partial charge on any atom is 0.236 e. The molecule has 1 aliphatic rings. The van der Waals surface area contributed by atoms with Crippen LogP contribution in [0.2, 0.25) is 0 Å². The van der Waals surface area contributed by atoms with Crippen LogP contribution in [-0.4, -0.2) is 86.5 Å². The van der Waals surface area contributed by atoms with Gasteiger partial charge >= 0.3 is 0 Å². The van der Waals surface area contributed by atoms with E-state index >= 15 is 0 Å². The number of anilines is 1. The van der Waals surface area contributed by atoms with Crippen molar-refractivity contribution < 1.29 is 8.91 Å². The van der Waals surface area contributed by atoms with E-state index < -0.39 is 6.98 Å². The number of carbonyl (C=O) groups is 1. The van der Waals surface area contributed by atoms with Gasteiger partial charge in [0.05, 0.1) is 23.3 Å². The maximum atomic E-state index is 12.8. The van der Waals surface area contributed by atoms with Crippen molar-refractivity contribution in [2.75, 3.05) is 45.1 Å². The Balaban J connectivity index is 1.45. The molecule has 0 bridgehead atoms. The smallest absolute Gasteiger partial charge is 0.236 e. The molecule has 0 aliphatic carbocycles. The minimum Gasteiger partial charge on any atom is -0.353 e. The molecule has 5 heterocycles. The van der Waals surface area contributed by atoms with E-state index in [4.69, 9.17) is 9.10 Å². The number of aromatic nitrogens is 5. The molecule has 9 heteroatoms. The average molecular weight is 492 g/mol. The first-order chi connectivity index (χ1) is 18.4. The van der Waals surface area contributed by atoms with Gasteiger partial charge in [-0.3, -0.25) is 4.79 Å². The van der Waals surface area contributed by atoms with E-state index in [1.807, 2.05) is 16.8 Å². The van der Waals surface area contributed by atoms with Crippen molar-refractivity contribution in [1.82, 2.24) is 34.4 Å². The summed E-state index contributed by atoms with van der Waals surface area (Å²) in [5.41, 5.74) is 8.31. The minimum atomic E-state index is -2.29. The van der Waals surface area contributed by atoms with Crippen LogP contribution < -0.4 is 4.90 Å². The molecular weight excluding hydrogens is 452 g/mol. The number of piperazine rings is 1. The van der Waals surface area contributed by atoms with Gasteiger partial charge in [-0.15, -0.1) is 0 Å². The molecule has 1 aliphatic heterocycles. The number of rotatable bonds is 5. The van der Waals surface area contributed by atoms with Crippen molar-refractivity contribution in [1.29, 1.82) is 0 Å². The molecule has 0 unspecified atom stereocenters. The summed E-state index contributed by atoms with van der Waals surface area (Å²) < 4.78 is 24.4. The number of aromatic amines is 1. The van der Waals surface area contributed by atoms with Gasteiger partial charge in [-0.25, -0.2) is 14.5 Å². The van der Waals surface area contributed by atoms with Crippen molar-refractivity contribution in [3.8, 4) is 11.3 Å². The van der Waals surface area contributed by atoms with Crippen molar-refractivity contribution >= 4 is 28.4 Å². The van der Waals surface area contributed by atoms with Gasteiger partial charge in [0.1, 0.15) is 12.1 Å². The van der Waals surface area contributed by atoms with Crippen molar-refractivity contribution in [2.45, 2.75) is 46.6 Å². The third-order valence-corrected chi connectivity index (χ3v) is 7.28. The Morgan fingerprint density at radius 3 is 2.81 bits per heavy atom. The number of carbonyl (C=O) groups excluding carboxylic acids is 1. The highest BCUT2D eigenvalue weighted by Crippen LogP contribution is 2.38. The second-order valence-electron chi connectivity index (χ2n) is 10.2. The Morgan fingerprint density at radius 2 is 2.08 bits per heavy atom. The normalized spacial score (nSPS) is 18.3. The molecule has 4 aromatic rings. The van der Waals surface area contributed by atoms with E-state index in [1.54, 1.807) is 11.2 Å². The number of amides is 1. The number of hydrogen-bond donors (Lipinski definition) is 1. The summed E-state index contributed by atoms with van der Waals surface area (Å²) in [6, 6.07) is 4.15. The molecule has 0 spiro atoms. The molecule has 9 nitrogen and oxygen atoms in total. The van der Waals surface area contributed by atoms with Crippen LogP contribution in [-0.2, 0) is 4.79 Å². The van der Waals surface area contributed by atoms with E-state index in [-0.39, 0.29) is 24.4 Å². The van der Waals surface area contributed by atoms with Gasteiger partial charge in [0, 0.05) is 47.1 Å². The number of nitrogens with zero attached hydrogens (tertiary/aromatic N) is 7. The van der Waals surface area contributed by atoms with Gasteiger partial charge in [0.15, 0.2) is 5.65 Å². The van der Waals surface area contributed by atoms with E-state index in [0.29, 0.717) is 19.6 Å². The number of hydrogen-bond acceptors (Lipinski definition) is 6. The van der Waals surface area contributed by atoms with E-state index in [1.165, 1.54) is 7.05 Å². The number of pyridine rings is 2. The molecule has 1 atom stereocenters. The van der Waals surface area contributed by atoms with E-state index in [2.05, 4.69) is 60.7 Å². The standard InChI is InChI=1S/C27H36N8O/c1-16(2)24-25(20-13-35-27(28-15-29-35)19(5)18(20)4)30-21-8-9-22(31-26(21)24)34-11-10-33(12-17(34)3)23(36)14-32(6)7/h8-9,13,15-17,30H,10-12,14H2,1-7H3/t17-/m1/s1/i6D3. The highest BCUT2D eigenvalue weighted by molar-refractivity contribution is 5.90. The van der Waals surface area contributed by atoms with Gasteiger partial charge in [0.2, 0.25) is 5.91 Å². The van der Waals surface area contributed by atoms with Crippen LogP contribution in [0, 0.1) is 13.8 Å². The first kappa shape index (κ1) is 20.7. The van der Waals surface area contributed by atoms with Crippen molar-refractivity contribution in [2.24, 2.45) is 0 Å². The number of likely N-dealkylation sites (N-methyl/N-ethyl adjacent to an activating group) is 1. The van der Waals surface area contributed by atoms with Crippen LogP contribution in [0.1, 0.15) is 47.5 Å². The Kier molecular flexibility index (Phi) is 5.29. The number of fused-ring (bicyclic) bond motifs is 2. The predicted molar refractivity (Wildman–Crippen MR) is 144 cm³/mol. The zero-order valence-electron chi connectivity index (χ0n) is 24.8. The summed E-state index contributed by atoms with van der Waals surface area (Å²) in [4.78, 5) is 31.0. The van der Waals surface area contributed by atoms with Gasteiger partial charge in [-0.05, 0) is 64.0 Å². The van der Waals surface area contributed by atoms with Crippen LogP contribution in [0.5, 0.6) is 0 Å². The molecule has 0 radical (unpaired) electrons. The van der Waals surface area contributed by atoms with Gasteiger partial charge < -0.3 is 19.7 Å². The highest BCUT2D eigenvalue weighted by Gasteiger charge is 2.28. The van der Waals surface area contributed by atoms with Crippen molar-refractivity contribution in [3.05, 3.63) is 41.3 Å². The summed E-state index contributed by atoms with van der Waals surface area (Å²) in [7, 11) is 1.45. The second-order valence-corrected chi connectivity index (χ2v) is 10.2. The maximum absolute atomic E-state index is 12.8. The molecule has 36 heavy (non-hydrogen) atoms. The van der Waals surface area contributed by atoms with E-state index in [9.17, 15) is 4.79 Å². The third-order valence-electron chi connectivity index (χ3n) is 7.28. The Morgan fingerprint density at radius 1 is 1.28 bits per heavy atom. The largest absolute Gasteiger partial charge is 0.353 e. The van der Waals surface area contributed by atoms with Gasteiger partial charge in [-0.2, -0.15) is 5.10 Å². The van der Waals surface area contributed by atoms with Crippen LogP contribution in [0.25, 0.3) is 27.9 Å². The zero-order valence-corrected chi connectivity index (χ0v) is 21.8. The molecule has 190 valence electrons. The van der Waals surface area contributed by atoms with Gasteiger partial charge in [-0.1, -0.05) is 13.8 Å². The molecular formula is C27H36N8O. The van der Waals surface area contributed by atoms with Crippen LogP contribution in [0.15, 0.2) is 24.7 Å². The van der Waals surface area contributed by atoms with Gasteiger partial charge in [0.25, 0.3) is 0 Å². The Bertz CT molecular complexity index is 1540. The molecule has 1 N–H and O–H groups in total. The van der Waals surface area contributed by atoms with Crippen LogP contribution in [0.4, 0.5) is 5.82 Å². The lowest BCUT2D eigenvalue weighted by Gasteiger charge is -2.41. The average Bonchev–Trinajstić information content (AvgIpc) is 3.49. The second kappa shape index (κ2) is 9.20. The monoisotopic (exact) mass is 491 g/mol. The summed E-state index contributed by atoms with van der Waals surface area (Å²) >= 11 is 0. The lowest BCUT2D eigenvalue weighted by Crippen LogP contribution is -2.55. The van der Waals surface area contributed by atoms with Crippen molar-refractivity contribution in [3.63, 3.8) is 0 Å². The Labute approximate surface area is 216 Å². The number of aryl methyl sites for hydroxylation is 1. The summed E-state index contributed by atoms with van der Waals surface area (Å²) in [5, 5.41) is 4.38. The van der Waals surface area contributed by atoms with Crippen LogP contribution >= 0.6 is 0 Å². The highest BCUT2D eigenvalue weighted by atomic mass is 16.2. The summed E-state index contributed by atoms with van der Waals surface area (Å²) in [5.74, 6) is 0.925. The molecule has 1 amide bonds. The Hall–Kier alpha value is -3.46. The summed E-state index contributed by atoms with van der Waals surface area (Å²) in [6.45, 7) is 9.86. The third kappa shape index (κ3) is 4.11. The summed E-state index contributed by atoms with van der Waals surface area (Å²) in [6.07, 6.45) is 3.61. The number of H-pyrrole nitrogens is 1. The molecule has 0 aromatic carbocycles. The fourth-order valence-corrected chi connectivity index (χ4v) is 5.29. The quantitative estimate of drug-likeness (QED) is 0.459. The molecule has 1 fully saturated rings. The number of nitrogens with one attached hydrogen (secondary N) is 1. The SMILES string of the molecule is [2H]C([2H])([2H])N(C)CC(=O)N1CCN(c2ccc3[nH]c(-c4cn5ncnc5c(C)c4C)c(C(C)C)c3n2)[C@H](C)C1. The zero-order chi connectivity index (χ0) is 28.2. The first-order valence-corrected chi connectivity index (χ1v) is 12.4. The predicted octanol–water partition coefficient (Wildman–Crippen LogP) is 3.61. The fraction of sp³-hybridized carbons (Fsp3) is 0.481. The minimum absolute atomic E-state index is 0.0336. The lowest BCUT2D eigenvalue weighted by atomic mass is 9.95. The molecule has 1 saturated heterocycles. The first-order valence-electron chi connectivity index (χ1n) is 13.9. The van der Waals surface area contributed by atoms with Crippen LogP contribution in [0.3, 0.4) is 0 Å². The fourth-order valence-electron chi connectivity index (χ4n) is 5.29. The van der Waals surface area contributed by atoms with E-state index in [0.717, 1.165) is 55.3 Å². The molecule has 0 saturated carbocycles. The lowest BCUT2D eigenvalue weighted by molar-refractivity contribution is -0.132. The topological polar surface area (TPSA) is 85.7 Å².